The molecular weight excluding hydrogens is 328 g/mol. The van der Waals surface area contributed by atoms with Crippen LogP contribution >= 0.6 is 11.8 Å². The minimum absolute atomic E-state index is 0.379. The van der Waals surface area contributed by atoms with E-state index in [1.54, 1.807) is 20.3 Å². The van der Waals surface area contributed by atoms with Gasteiger partial charge in [0.15, 0.2) is 17.8 Å². The predicted molar refractivity (Wildman–Crippen MR) is 94.0 cm³/mol. The van der Waals surface area contributed by atoms with Crippen molar-refractivity contribution in [3.05, 3.63) is 41.5 Å². The lowest BCUT2D eigenvalue weighted by molar-refractivity contribution is 0.111. The monoisotopic (exact) mass is 348 g/mol. The van der Waals surface area contributed by atoms with Crippen LogP contribution in [-0.4, -0.2) is 34.7 Å². The standard InChI is InChI=1S/C18H20O5S/c1-20-13-7-5-12(6-8-13)11-24-16-9-15(21-2)18(23-4)17(22-3)14(16)10-19/h5-10H,11H2,1-4H3. The summed E-state index contributed by atoms with van der Waals surface area (Å²) in [7, 11) is 6.20. The quantitative estimate of drug-likeness (QED) is 0.534. The van der Waals surface area contributed by atoms with Crippen LogP contribution in [0, 0.1) is 0 Å². The lowest BCUT2D eigenvalue weighted by Crippen LogP contribution is -2.00. The van der Waals surface area contributed by atoms with Gasteiger partial charge in [-0.2, -0.15) is 0 Å². The Labute approximate surface area is 145 Å². The minimum Gasteiger partial charge on any atom is -0.497 e. The van der Waals surface area contributed by atoms with Crippen molar-refractivity contribution in [3.8, 4) is 23.0 Å². The van der Waals surface area contributed by atoms with Crippen LogP contribution in [0.25, 0.3) is 0 Å². The lowest BCUT2D eigenvalue weighted by atomic mass is 10.2. The van der Waals surface area contributed by atoms with E-state index in [-0.39, 0.29) is 0 Å². The van der Waals surface area contributed by atoms with Crippen LogP contribution in [-0.2, 0) is 5.75 Å². The Morgan fingerprint density at radius 3 is 2.08 bits per heavy atom. The van der Waals surface area contributed by atoms with Gasteiger partial charge in [-0.25, -0.2) is 0 Å². The maximum atomic E-state index is 11.6. The van der Waals surface area contributed by atoms with Gasteiger partial charge in [0.05, 0.1) is 34.0 Å². The zero-order valence-corrected chi connectivity index (χ0v) is 14.9. The van der Waals surface area contributed by atoms with Crippen LogP contribution in [0.5, 0.6) is 23.0 Å². The molecule has 0 aromatic heterocycles. The van der Waals surface area contributed by atoms with E-state index < -0.39 is 0 Å². The SMILES string of the molecule is COc1ccc(CSc2cc(OC)c(OC)c(OC)c2C=O)cc1. The predicted octanol–water partition coefficient (Wildman–Crippen LogP) is 3.83. The van der Waals surface area contributed by atoms with Crippen molar-refractivity contribution in [3.63, 3.8) is 0 Å². The summed E-state index contributed by atoms with van der Waals surface area (Å²) in [5.74, 6) is 2.82. The van der Waals surface area contributed by atoms with Gasteiger partial charge < -0.3 is 18.9 Å². The number of aldehydes is 1. The molecule has 0 aliphatic heterocycles. The Balaban J connectivity index is 2.32. The van der Waals surface area contributed by atoms with Crippen molar-refractivity contribution in [2.45, 2.75) is 10.6 Å². The van der Waals surface area contributed by atoms with Gasteiger partial charge >= 0.3 is 0 Å². The van der Waals surface area contributed by atoms with Crippen molar-refractivity contribution >= 4 is 18.0 Å². The van der Waals surface area contributed by atoms with Crippen LogP contribution in [0.4, 0.5) is 0 Å². The molecule has 128 valence electrons. The molecular formula is C18H20O5S. The van der Waals surface area contributed by atoms with E-state index in [9.17, 15) is 4.79 Å². The van der Waals surface area contributed by atoms with Gasteiger partial charge in [-0.05, 0) is 23.8 Å². The number of ether oxygens (including phenoxy) is 4. The van der Waals surface area contributed by atoms with Crippen molar-refractivity contribution in [1.29, 1.82) is 0 Å². The third-order valence-corrected chi connectivity index (χ3v) is 4.63. The Hall–Kier alpha value is -2.34. The molecule has 0 aliphatic rings. The molecule has 0 fully saturated rings. The van der Waals surface area contributed by atoms with E-state index in [2.05, 4.69) is 0 Å². The molecule has 24 heavy (non-hydrogen) atoms. The highest BCUT2D eigenvalue weighted by atomic mass is 32.2. The first-order valence-corrected chi connectivity index (χ1v) is 8.20. The molecule has 5 nitrogen and oxygen atoms in total. The van der Waals surface area contributed by atoms with E-state index >= 15 is 0 Å². The Kier molecular flexibility index (Phi) is 6.37. The molecule has 0 unspecified atom stereocenters. The molecule has 0 bridgehead atoms. The Morgan fingerprint density at radius 2 is 1.58 bits per heavy atom. The maximum Gasteiger partial charge on any atom is 0.204 e. The topological polar surface area (TPSA) is 54.0 Å². The average Bonchev–Trinajstić information content (AvgIpc) is 2.64. The summed E-state index contributed by atoms with van der Waals surface area (Å²) in [6, 6.07) is 9.59. The number of benzene rings is 2. The number of hydrogen-bond acceptors (Lipinski definition) is 6. The number of carbonyl (C=O) groups excluding carboxylic acids is 1. The van der Waals surface area contributed by atoms with Crippen molar-refractivity contribution in [2.24, 2.45) is 0 Å². The molecule has 0 aliphatic carbocycles. The number of methoxy groups -OCH3 is 4. The summed E-state index contributed by atoms with van der Waals surface area (Å²) in [6.07, 6.45) is 0.775. The molecule has 0 amide bonds. The van der Waals surface area contributed by atoms with E-state index in [1.165, 1.54) is 26.0 Å². The summed E-state index contributed by atoms with van der Waals surface area (Å²) < 4.78 is 21.2. The van der Waals surface area contributed by atoms with Gasteiger partial charge in [0.25, 0.3) is 0 Å². The maximum absolute atomic E-state index is 11.6. The van der Waals surface area contributed by atoms with E-state index in [0.717, 1.165) is 22.5 Å². The minimum atomic E-state index is 0.379. The van der Waals surface area contributed by atoms with Gasteiger partial charge in [0.2, 0.25) is 5.75 Å². The number of rotatable bonds is 8. The molecule has 0 saturated heterocycles. The van der Waals surface area contributed by atoms with Gasteiger partial charge in [-0.3, -0.25) is 4.79 Å². The molecule has 0 N–H and O–H groups in total. The summed E-state index contributed by atoms with van der Waals surface area (Å²) in [4.78, 5) is 12.3. The number of carbonyl (C=O) groups is 1. The zero-order chi connectivity index (χ0) is 17.5. The summed E-state index contributed by atoms with van der Waals surface area (Å²) in [6.45, 7) is 0. The summed E-state index contributed by atoms with van der Waals surface area (Å²) in [5, 5.41) is 0. The second-order valence-corrected chi connectivity index (χ2v) is 5.83. The summed E-state index contributed by atoms with van der Waals surface area (Å²) in [5.41, 5.74) is 1.57. The largest absolute Gasteiger partial charge is 0.497 e. The first-order valence-electron chi connectivity index (χ1n) is 7.22. The van der Waals surface area contributed by atoms with Crippen LogP contribution < -0.4 is 18.9 Å². The van der Waals surface area contributed by atoms with Gasteiger partial charge in [-0.15, -0.1) is 11.8 Å². The van der Waals surface area contributed by atoms with Crippen molar-refractivity contribution in [2.75, 3.05) is 28.4 Å². The van der Waals surface area contributed by atoms with Crippen LogP contribution in [0.2, 0.25) is 0 Å². The normalized spacial score (nSPS) is 10.2. The first kappa shape index (κ1) is 18.0. The van der Waals surface area contributed by atoms with Crippen LogP contribution in [0.1, 0.15) is 15.9 Å². The molecule has 0 spiro atoms. The molecule has 0 saturated carbocycles. The Bertz CT molecular complexity index is 698. The number of thioether (sulfide) groups is 1. The third kappa shape index (κ3) is 3.76. The average molecular weight is 348 g/mol. The second kappa shape index (κ2) is 8.49. The number of hydrogen-bond donors (Lipinski definition) is 0. The summed E-state index contributed by atoms with van der Waals surface area (Å²) >= 11 is 1.53. The molecule has 0 radical (unpaired) electrons. The zero-order valence-electron chi connectivity index (χ0n) is 14.1. The van der Waals surface area contributed by atoms with Crippen molar-refractivity contribution < 1.29 is 23.7 Å². The van der Waals surface area contributed by atoms with E-state index in [4.69, 9.17) is 18.9 Å². The van der Waals surface area contributed by atoms with Gasteiger partial charge in [0.1, 0.15) is 5.75 Å². The van der Waals surface area contributed by atoms with Crippen molar-refractivity contribution in [1.82, 2.24) is 0 Å². The van der Waals surface area contributed by atoms with Crippen LogP contribution in [0.15, 0.2) is 35.2 Å². The molecule has 6 heteroatoms. The van der Waals surface area contributed by atoms with E-state index in [1.807, 2.05) is 24.3 Å². The Morgan fingerprint density at radius 1 is 0.917 bits per heavy atom. The third-order valence-electron chi connectivity index (χ3n) is 3.50. The molecule has 0 heterocycles. The molecule has 0 atom stereocenters. The highest BCUT2D eigenvalue weighted by Gasteiger charge is 2.20. The fourth-order valence-corrected chi connectivity index (χ4v) is 3.27. The highest BCUT2D eigenvalue weighted by Crippen LogP contribution is 2.44. The molecule has 2 rings (SSSR count). The van der Waals surface area contributed by atoms with Gasteiger partial charge in [0, 0.05) is 10.6 Å². The van der Waals surface area contributed by atoms with Crippen LogP contribution in [0.3, 0.4) is 0 Å². The smallest absolute Gasteiger partial charge is 0.204 e. The van der Waals surface area contributed by atoms with E-state index in [0.29, 0.717) is 28.6 Å². The first-order chi connectivity index (χ1) is 11.7. The second-order valence-electron chi connectivity index (χ2n) is 4.81. The lowest BCUT2D eigenvalue weighted by Gasteiger charge is -2.16. The molecule has 2 aromatic rings. The molecule has 2 aromatic carbocycles. The van der Waals surface area contributed by atoms with Gasteiger partial charge in [-0.1, -0.05) is 12.1 Å². The highest BCUT2D eigenvalue weighted by molar-refractivity contribution is 7.98. The fraction of sp³-hybridized carbons (Fsp3) is 0.278. The fourth-order valence-electron chi connectivity index (χ4n) is 2.27.